The van der Waals surface area contributed by atoms with Crippen molar-refractivity contribution in [2.24, 2.45) is 4.99 Å². The van der Waals surface area contributed by atoms with Crippen LogP contribution in [-0.4, -0.2) is 25.3 Å². The number of halogens is 1. The second kappa shape index (κ2) is 10.3. The van der Waals surface area contributed by atoms with Gasteiger partial charge in [0, 0.05) is 0 Å². The maximum Gasteiger partial charge on any atom is 0.271 e. The zero-order valence-corrected chi connectivity index (χ0v) is 23.0. The molecule has 1 fully saturated rings. The molecule has 0 N–H and O–H groups in total. The summed E-state index contributed by atoms with van der Waals surface area (Å²) in [5, 5.41) is 0.621. The second-order valence-electron chi connectivity index (χ2n) is 8.58. The van der Waals surface area contributed by atoms with Gasteiger partial charge in [0.05, 0.1) is 35.0 Å². The van der Waals surface area contributed by atoms with E-state index in [0.29, 0.717) is 21.6 Å². The molecule has 3 aromatic carbocycles. The molecule has 35 heavy (non-hydrogen) atoms. The van der Waals surface area contributed by atoms with Crippen LogP contribution in [0.1, 0.15) is 27.8 Å². The Morgan fingerprint density at radius 3 is 2.03 bits per heavy atom. The van der Waals surface area contributed by atoms with Gasteiger partial charge in [-0.05, 0) is 126 Å². The predicted octanol–water partition coefficient (Wildman–Crippen LogP) is 7.51. The van der Waals surface area contributed by atoms with Gasteiger partial charge in [-0.25, -0.2) is 4.99 Å². The van der Waals surface area contributed by atoms with Crippen LogP contribution in [0.2, 0.25) is 0 Å². The maximum atomic E-state index is 13.7. The van der Waals surface area contributed by atoms with Gasteiger partial charge in [-0.2, -0.15) is 0 Å². The molecule has 3 aromatic rings. The fourth-order valence-corrected chi connectivity index (χ4v) is 5.78. The Hall–Kier alpha value is -3.03. The van der Waals surface area contributed by atoms with Crippen molar-refractivity contribution in [1.82, 2.24) is 0 Å². The first-order valence-electron chi connectivity index (χ1n) is 11.1. The summed E-state index contributed by atoms with van der Waals surface area (Å²) in [4.78, 5) is 20.9. The van der Waals surface area contributed by atoms with Gasteiger partial charge in [0.25, 0.3) is 5.91 Å². The maximum absolute atomic E-state index is 13.7. The average molecular weight is 552 g/mol. The van der Waals surface area contributed by atoms with Gasteiger partial charge in [0.1, 0.15) is 0 Å². The topological polar surface area (TPSA) is 51.1 Å². The molecule has 1 aliphatic rings. The number of hydrogen-bond acceptors (Lipinski definition) is 5. The standard InChI is InChI=1S/C28H27BrN2O3S/c1-16-7-17(2)10-21(9-16)30-28-31(22-11-18(3)8-19(4)12-22)27(32)25(35-28)15-20-13-23(29)26(34-6)24(14-20)33-5/h7-15H,1-6H3/b25-15-,30-28?. The Kier molecular flexibility index (Phi) is 7.38. The molecule has 0 spiro atoms. The molecule has 0 aromatic heterocycles. The molecule has 5 nitrogen and oxygen atoms in total. The smallest absolute Gasteiger partial charge is 0.271 e. The molecule has 0 unspecified atom stereocenters. The summed E-state index contributed by atoms with van der Waals surface area (Å²) < 4.78 is 11.6. The highest BCUT2D eigenvalue weighted by molar-refractivity contribution is 9.10. The summed E-state index contributed by atoms with van der Waals surface area (Å²) >= 11 is 4.90. The zero-order chi connectivity index (χ0) is 25.3. The van der Waals surface area contributed by atoms with Gasteiger partial charge < -0.3 is 9.47 Å². The largest absolute Gasteiger partial charge is 0.493 e. The first kappa shape index (κ1) is 25.1. The van der Waals surface area contributed by atoms with Gasteiger partial charge in [-0.15, -0.1) is 0 Å². The molecule has 1 saturated heterocycles. The number of anilines is 1. The van der Waals surface area contributed by atoms with Crippen molar-refractivity contribution in [2.45, 2.75) is 27.7 Å². The molecule has 0 saturated carbocycles. The number of benzene rings is 3. The van der Waals surface area contributed by atoms with Crippen LogP contribution in [-0.2, 0) is 4.79 Å². The number of rotatable bonds is 5. The van der Waals surface area contributed by atoms with Gasteiger partial charge in [-0.3, -0.25) is 9.69 Å². The van der Waals surface area contributed by atoms with E-state index in [1.807, 2.05) is 70.2 Å². The number of ether oxygens (including phenoxy) is 2. The van der Waals surface area contributed by atoms with Crippen LogP contribution in [0.4, 0.5) is 11.4 Å². The molecule has 0 bridgehead atoms. The van der Waals surface area contributed by atoms with Gasteiger partial charge in [0.15, 0.2) is 16.7 Å². The molecule has 180 valence electrons. The molecule has 1 amide bonds. The Balaban J connectivity index is 1.84. The van der Waals surface area contributed by atoms with Gasteiger partial charge >= 0.3 is 0 Å². The van der Waals surface area contributed by atoms with Crippen molar-refractivity contribution >= 4 is 56.2 Å². The normalized spacial score (nSPS) is 15.9. The van der Waals surface area contributed by atoms with E-state index in [0.717, 1.165) is 43.7 Å². The van der Waals surface area contributed by atoms with E-state index < -0.39 is 0 Å². The lowest BCUT2D eigenvalue weighted by atomic mass is 10.1. The highest BCUT2D eigenvalue weighted by Gasteiger charge is 2.35. The number of methoxy groups -OCH3 is 2. The number of nitrogens with zero attached hydrogens (tertiary/aromatic N) is 2. The summed E-state index contributed by atoms with van der Waals surface area (Å²) in [6, 6.07) is 16.0. The lowest BCUT2D eigenvalue weighted by Gasteiger charge is -2.17. The summed E-state index contributed by atoms with van der Waals surface area (Å²) in [5.41, 5.74) is 6.88. The van der Waals surface area contributed by atoms with E-state index in [1.54, 1.807) is 19.1 Å². The van der Waals surface area contributed by atoms with E-state index in [2.05, 4.69) is 28.1 Å². The Morgan fingerprint density at radius 2 is 1.46 bits per heavy atom. The lowest BCUT2D eigenvalue weighted by molar-refractivity contribution is -0.113. The highest BCUT2D eigenvalue weighted by Crippen LogP contribution is 2.41. The van der Waals surface area contributed by atoms with E-state index in [4.69, 9.17) is 14.5 Å². The van der Waals surface area contributed by atoms with Crippen LogP contribution >= 0.6 is 27.7 Å². The summed E-state index contributed by atoms with van der Waals surface area (Å²) in [6.45, 7) is 8.16. The third kappa shape index (κ3) is 5.46. The number of amidine groups is 1. The fourth-order valence-electron chi connectivity index (χ4n) is 4.15. The molecule has 1 aliphatic heterocycles. The zero-order valence-electron chi connectivity index (χ0n) is 20.6. The number of thioether (sulfide) groups is 1. The third-order valence-electron chi connectivity index (χ3n) is 5.46. The third-order valence-corrected chi connectivity index (χ3v) is 7.01. The molecule has 0 radical (unpaired) electrons. The van der Waals surface area contributed by atoms with Crippen molar-refractivity contribution in [3.05, 3.63) is 85.7 Å². The minimum Gasteiger partial charge on any atom is -0.493 e. The monoisotopic (exact) mass is 550 g/mol. The molecule has 4 rings (SSSR count). The fraction of sp³-hybridized carbons (Fsp3) is 0.214. The van der Waals surface area contributed by atoms with Crippen LogP contribution in [0.25, 0.3) is 6.08 Å². The first-order valence-corrected chi connectivity index (χ1v) is 12.7. The Bertz CT molecular complexity index is 1340. The lowest BCUT2D eigenvalue weighted by Crippen LogP contribution is -2.28. The van der Waals surface area contributed by atoms with Crippen LogP contribution in [0, 0.1) is 27.7 Å². The SMILES string of the molecule is COc1cc(/C=C2\SC(=Nc3cc(C)cc(C)c3)N(c3cc(C)cc(C)c3)C2=O)cc(Br)c1OC. The van der Waals surface area contributed by atoms with Crippen molar-refractivity contribution < 1.29 is 14.3 Å². The minimum absolute atomic E-state index is 0.117. The number of carbonyl (C=O) groups is 1. The highest BCUT2D eigenvalue weighted by atomic mass is 79.9. The van der Waals surface area contributed by atoms with Crippen molar-refractivity contribution in [3.8, 4) is 11.5 Å². The van der Waals surface area contributed by atoms with E-state index in [-0.39, 0.29) is 5.91 Å². The summed E-state index contributed by atoms with van der Waals surface area (Å²) in [6.07, 6.45) is 1.86. The Labute approximate surface area is 219 Å². The molecular formula is C28H27BrN2O3S. The van der Waals surface area contributed by atoms with Crippen LogP contribution < -0.4 is 14.4 Å². The van der Waals surface area contributed by atoms with Crippen LogP contribution in [0.15, 0.2) is 62.9 Å². The van der Waals surface area contributed by atoms with Crippen molar-refractivity contribution in [3.63, 3.8) is 0 Å². The summed E-state index contributed by atoms with van der Waals surface area (Å²) in [7, 11) is 3.18. The number of aryl methyl sites for hydroxylation is 4. The quantitative estimate of drug-likeness (QED) is 0.308. The number of amides is 1. The molecule has 1 heterocycles. The predicted molar refractivity (Wildman–Crippen MR) is 149 cm³/mol. The number of carbonyl (C=O) groups excluding carboxylic acids is 1. The minimum atomic E-state index is -0.117. The second-order valence-corrected chi connectivity index (χ2v) is 10.4. The van der Waals surface area contributed by atoms with Crippen LogP contribution in [0.5, 0.6) is 11.5 Å². The molecule has 0 aliphatic carbocycles. The van der Waals surface area contributed by atoms with E-state index >= 15 is 0 Å². The van der Waals surface area contributed by atoms with Crippen molar-refractivity contribution in [1.29, 1.82) is 0 Å². The number of aliphatic imine (C=N–C) groups is 1. The van der Waals surface area contributed by atoms with Crippen LogP contribution in [0.3, 0.4) is 0 Å². The van der Waals surface area contributed by atoms with Crippen molar-refractivity contribution in [2.75, 3.05) is 19.1 Å². The first-order chi connectivity index (χ1) is 16.7. The number of hydrogen-bond donors (Lipinski definition) is 0. The molecule has 7 heteroatoms. The Morgan fingerprint density at radius 1 is 0.857 bits per heavy atom. The van der Waals surface area contributed by atoms with E-state index in [1.165, 1.54) is 11.8 Å². The summed E-state index contributed by atoms with van der Waals surface area (Å²) in [5.74, 6) is 1.07. The van der Waals surface area contributed by atoms with E-state index in [9.17, 15) is 4.79 Å². The van der Waals surface area contributed by atoms with Gasteiger partial charge in [0.2, 0.25) is 0 Å². The molecule has 0 atom stereocenters. The average Bonchev–Trinajstić information content (AvgIpc) is 3.06. The van der Waals surface area contributed by atoms with Gasteiger partial charge in [-0.1, -0.05) is 12.1 Å². The molecular weight excluding hydrogens is 524 g/mol.